The second kappa shape index (κ2) is 58.0. The van der Waals surface area contributed by atoms with Crippen LogP contribution in [0.1, 0.15) is 361 Å². The number of hydrogen-bond acceptors (Lipinski definition) is 6. The summed E-state index contributed by atoms with van der Waals surface area (Å²) in [5.74, 6) is -0.836. The fourth-order valence-electron chi connectivity index (χ4n) is 9.68. The molecule has 1 unspecified atom stereocenters. The minimum Gasteiger partial charge on any atom is -0.462 e. The lowest BCUT2D eigenvalue weighted by molar-refractivity contribution is -0.167. The molecule has 0 aromatic carbocycles. The van der Waals surface area contributed by atoms with Crippen LogP contribution in [0.2, 0.25) is 0 Å². The van der Waals surface area contributed by atoms with Crippen molar-refractivity contribution in [3.05, 3.63) is 0 Å². The Bertz CT molecular complexity index is 1010. The highest BCUT2D eigenvalue weighted by atomic mass is 16.6. The molecule has 0 aromatic heterocycles. The SMILES string of the molecule is CCCCCCCCCCCCCCCCCCCCCCCCCCC(=O)OCC(COC(=O)CCCCCCCCCC)OC(=O)CCCCCCCCCCCCCCCCCCCC. The standard InChI is InChI=1S/C62H120O6/c1-4-7-10-13-16-19-21-23-25-27-29-30-31-32-33-34-36-37-39-41-43-46-49-52-55-61(64)67-58-59(57-66-60(63)54-51-48-45-18-15-12-9-6-3)68-62(65)56-53-50-47-44-42-40-38-35-28-26-24-22-20-17-14-11-8-5-2/h59H,4-58H2,1-3H3. The van der Waals surface area contributed by atoms with Gasteiger partial charge in [-0.3, -0.25) is 14.4 Å². The number of carbonyl (C=O) groups is 3. The van der Waals surface area contributed by atoms with E-state index in [2.05, 4.69) is 20.8 Å². The van der Waals surface area contributed by atoms with E-state index in [9.17, 15) is 14.4 Å². The van der Waals surface area contributed by atoms with Crippen molar-refractivity contribution in [2.75, 3.05) is 13.2 Å². The molecule has 404 valence electrons. The molecule has 1 atom stereocenters. The predicted molar refractivity (Wildman–Crippen MR) is 294 cm³/mol. The van der Waals surface area contributed by atoms with Gasteiger partial charge in [0.25, 0.3) is 0 Å². The van der Waals surface area contributed by atoms with E-state index in [-0.39, 0.29) is 31.1 Å². The zero-order valence-electron chi connectivity index (χ0n) is 46.4. The Morgan fingerprint density at radius 3 is 0.588 bits per heavy atom. The van der Waals surface area contributed by atoms with Crippen LogP contribution in [0, 0.1) is 0 Å². The van der Waals surface area contributed by atoms with Gasteiger partial charge in [0, 0.05) is 19.3 Å². The van der Waals surface area contributed by atoms with Gasteiger partial charge in [-0.25, -0.2) is 0 Å². The summed E-state index contributed by atoms with van der Waals surface area (Å²) >= 11 is 0. The van der Waals surface area contributed by atoms with Gasteiger partial charge in [-0.05, 0) is 19.3 Å². The van der Waals surface area contributed by atoms with Crippen LogP contribution in [0.5, 0.6) is 0 Å². The van der Waals surface area contributed by atoms with Crippen LogP contribution >= 0.6 is 0 Å². The van der Waals surface area contributed by atoms with E-state index < -0.39 is 6.10 Å². The molecule has 0 radical (unpaired) electrons. The number of ether oxygens (including phenoxy) is 3. The van der Waals surface area contributed by atoms with Crippen molar-refractivity contribution >= 4 is 17.9 Å². The molecule has 0 aliphatic rings. The molecule has 0 N–H and O–H groups in total. The molecule has 0 aromatic rings. The van der Waals surface area contributed by atoms with Gasteiger partial charge in [0.1, 0.15) is 13.2 Å². The first kappa shape index (κ1) is 66.4. The average Bonchev–Trinajstić information content (AvgIpc) is 3.34. The number of unbranched alkanes of at least 4 members (excludes halogenated alkanes) is 47. The molecular formula is C62H120O6. The van der Waals surface area contributed by atoms with Crippen molar-refractivity contribution < 1.29 is 28.6 Å². The van der Waals surface area contributed by atoms with Crippen LogP contribution in [0.4, 0.5) is 0 Å². The van der Waals surface area contributed by atoms with Crippen LogP contribution in [0.25, 0.3) is 0 Å². The summed E-state index contributed by atoms with van der Waals surface area (Å²) in [6.45, 7) is 6.69. The van der Waals surface area contributed by atoms with Gasteiger partial charge in [-0.1, -0.05) is 323 Å². The highest BCUT2D eigenvalue weighted by molar-refractivity contribution is 5.71. The molecule has 0 fully saturated rings. The normalized spacial score (nSPS) is 11.9. The number of esters is 3. The van der Waals surface area contributed by atoms with E-state index in [1.807, 2.05) is 0 Å². The Labute approximate surface area is 425 Å². The van der Waals surface area contributed by atoms with Gasteiger partial charge in [-0.15, -0.1) is 0 Å². The summed E-state index contributed by atoms with van der Waals surface area (Å²) in [4.78, 5) is 38.1. The summed E-state index contributed by atoms with van der Waals surface area (Å²) in [6, 6.07) is 0. The number of rotatable bonds is 58. The zero-order valence-corrected chi connectivity index (χ0v) is 46.4. The maximum Gasteiger partial charge on any atom is 0.306 e. The Kier molecular flexibility index (Phi) is 56.6. The number of hydrogen-bond donors (Lipinski definition) is 0. The van der Waals surface area contributed by atoms with E-state index in [1.54, 1.807) is 0 Å². The molecule has 0 saturated carbocycles. The average molecular weight is 962 g/mol. The molecule has 0 bridgehead atoms. The quantitative estimate of drug-likeness (QED) is 0.0343. The fraction of sp³-hybridized carbons (Fsp3) is 0.952. The monoisotopic (exact) mass is 961 g/mol. The molecule has 68 heavy (non-hydrogen) atoms. The minimum atomic E-state index is -0.760. The summed E-state index contributed by atoms with van der Waals surface area (Å²) in [6.07, 6.45) is 65.6. The topological polar surface area (TPSA) is 78.9 Å². The maximum absolute atomic E-state index is 12.8. The third kappa shape index (κ3) is 55.3. The van der Waals surface area contributed by atoms with Gasteiger partial charge in [0.2, 0.25) is 0 Å². The molecule has 0 spiro atoms. The van der Waals surface area contributed by atoms with Crippen LogP contribution < -0.4 is 0 Å². The molecular weight excluding hydrogens is 841 g/mol. The Morgan fingerprint density at radius 1 is 0.235 bits per heavy atom. The lowest BCUT2D eigenvalue weighted by Crippen LogP contribution is -2.30. The largest absolute Gasteiger partial charge is 0.462 e. The van der Waals surface area contributed by atoms with Crippen LogP contribution in [-0.4, -0.2) is 37.2 Å². The Balaban J connectivity index is 4.09. The predicted octanol–water partition coefficient (Wildman–Crippen LogP) is 20.7. The lowest BCUT2D eigenvalue weighted by atomic mass is 10.0. The lowest BCUT2D eigenvalue weighted by Gasteiger charge is -2.18. The third-order valence-electron chi connectivity index (χ3n) is 14.4. The summed E-state index contributed by atoms with van der Waals surface area (Å²) in [5.41, 5.74) is 0. The Morgan fingerprint density at radius 2 is 0.397 bits per heavy atom. The van der Waals surface area contributed by atoms with Crippen molar-refractivity contribution in [2.24, 2.45) is 0 Å². The van der Waals surface area contributed by atoms with Crippen molar-refractivity contribution in [3.63, 3.8) is 0 Å². The van der Waals surface area contributed by atoms with Crippen LogP contribution in [0.15, 0.2) is 0 Å². The van der Waals surface area contributed by atoms with Crippen molar-refractivity contribution in [3.8, 4) is 0 Å². The van der Waals surface area contributed by atoms with Crippen LogP contribution in [-0.2, 0) is 28.6 Å². The highest BCUT2D eigenvalue weighted by Crippen LogP contribution is 2.18. The van der Waals surface area contributed by atoms with Gasteiger partial charge in [0.05, 0.1) is 0 Å². The second-order valence-electron chi connectivity index (χ2n) is 21.3. The van der Waals surface area contributed by atoms with Gasteiger partial charge < -0.3 is 14.2 Å². The van der Waals surface area contributed by atoms with Gasteiger partial charge in [0.15, 0.2) is 6.10 Å². The zero-order chi connectivity index (χ0) is 49.3. The minimum absolute atomic E-state index is 0.0614. The molecule has 0 amide bonds. The van der Waals surface area contributed by atoms with E-state index in [0.717, 1.165) is 57.8 Å². The molecule has 0 rings (SSSR count). The first-order valence-corrected chi connectivity index (χ1v) is 31.0. The summed E-state index contributed by atoms with van der Waals surface area (Å²) in [5, 5.41) is 0. The first-order chi connectivity index (χ1) is 33.5. The smallest absolute Gasteiger partial charge is 0.306 e. The second-order valence-corrected chi connectivity index (χ2v) is 21.3. The molecule has 0 aliphatic heterocycles. The number of carbonyl (C=O) groups excluding carboxylic acids is 3. The Hall–Kier alpha value is -1.59. The molecule has 0 saturated heterocycles. The van der Waals surface area contributed by atoms with Crippen molar-refractivity contribution in [2.45, 2.75) is 367 Å². The molecule has 6 nitrogen and oxygen atoms in total. The summed E-state index contributed by atoms with van der Waals surface area (Å²) in [7, 11) is 0. The van der Waals surface area contributed by atoms with Gasteiger partial charge >= 0.3 is 17.9 Å². The highest BCUT2D eigenvalue weighted by Gasteiger charge is 2.19. The first-order valence-electron chi connectivity index (χ1n) is 31.0. The van der Waals surface area contributed by atoms with E-state index >= 15 is 0 Å². The van der Waals surface area contributed by atoms with E-state index in [1.165, 1.54) is 263 Å². The molecule has 0 aliphatic carbocycles. The summed E-state index contributed by atoms with van der Waals surface area (Å²) < 4.78 is 16.9. The van der Waals surface area contributed by atoms with Crippen LogP contribution in [0.3, 0.4) is 0 Å². The van der Waals surface area contributed by atoms with Gasteiger partial charge in [-0.2, -0.15) is 0 Å². The third-order valence-corrected chi connectivity index (χ3v) is 14.4. The van der Waals surface area contributed by atoms with E-state index in [0.29, 0.717) is 19.3 Å². The fourth-order valence-corrected chi connectivity index (χ4v) is 9.68. The molecule has 0 heterocycles. The maximum atomic E-state index is 12.8. The molecule has 6 heteroatoms. The van der Waals surface area contributed by atoms with Crippen molar-refractivity contribution in [1.82, 2.24) is 0 Å². The van der Waals surface area contributed by atoms with E-state index in [4.69, 9.17) is 14.2 Å². The van der Waals surface area contributed by atoms with Crippen molar-refractivity contribution in [1.29, 1.82) is 0 Å².